The standard InChI is InChI=1S/C18H26N6/c19-9-3-13-23(14-4-10-20)17-7-1-2-8-18(17)24(15-5-11-21)16-6-12-22/h17-18H,1-8,13-16H2. The Morgan fingerprint density at radius 3 is 1.12 bits per heavy atom. The Labute approximate surface area is 145 Å². The lowest BCUT2D eigenvalue weighted by molar-refractivity contribution is 0.0514. The molecular weight excluding hydrogens is 300 g/mol. The van der Waals surface area contributed by atoms with Crippen LogP contribution in [0, 0.1) is 45.3 Å². The van der Waals surface area contributed by atoms with Gasteiger partial charge in [0.15, 0.2) is 0 Å². The summed E-state index contributed by atoms with van der Waals surface area (Å²) in [6, 6.07) is 9.42. The molecule has 1 saturated carbocycles. The smallest absolute Gasteiger partial charge is 0.0635 e. The Morgan fingerprint density at radius 1 is 0.583 bits per heavy atom. The van der Waals surface area contributed by atoms with Crippen molar-refractivity contribution < 1.29 is 0 Å². The summed E-state index contributed by atoms with van der Waals surface area (Å²) in [7, 11) is 0. The molecule has 0 aromatic rings. The van der Waals surface area contributed by atoms with E-state index in [0.29, 0.717) is 63.9 Å². The van der Waals surface area contributed by atoms with Crippen LogP contribution in [0.4, 0.5) is 0 Å². The topological polar surface area (TPSA) is 102 Å². The van der Waals surface area contributed by atoms with E-state index in [9.17, 15) is 0 Å². The first kappa shape index (κ1) is 19.9. The van der Waals surface area contributed by atoms with Crippen LogP contribution in [0.1, 0.15) is 51.4 Å². The van der Waals surface area contributed by atoms with Gasteiger partial charge in [0.2, 0.25) is 0 Å². The summed E-state index contributed by atoms with van der Waals surface area (Å²) < 4.78 is 0. The van der Waals surface area contributed by atoms with Gasteiger partial charge in [-0.1, -0.05) is 12.8 Å². The first-order chi connectivity index (χ1) is 11.8. The van der Waals surface area contributed by atoms with Gasteiger partial charge in [-0.2, -0.15) is 21.0 Å². The van der Waals surface area contributed by atoms with Crippen LogP contribution < -0.4 is 0 Å². The fourth-order valence-electron chi connectivity index (χ4n) is 3.60. The molecule has 0 radical (unpaired) electrons. The van der Waals surface area contributed by atoms with Gasteiger partial charge in [0.05, 0.1) is 24.3 Å². The average Bonchev–Trinajstić information content (AvgIpc) is 2.62. The van der Waals surface area contributed by atoms with E-state index in [0.717, 1.165) is 25.7 Å². The molecular formula is C18H26N6. The summed E-state index contributed by atoms with van der Waals surface area (Å²) in [4.78, 5) is 4.56. The molecule has 0 aromatic carbocycles. The second-order valence-corrected chi connectivity index (χ2v) is 6.12. The molecule has 0 amide bonds. The van der Waals surface area contributed by atoms with Crippen molar-refractivity contribution in [3.8, 4) is 24.3 Å². The molecule has 1 fully saturated rings. The minimum Gasteiger partial charge on any atom is -0.297 e. The maximum absolute atomic E-state index is 8.92. The average molecular weight is 326 g/mol. The maximum atomic E-state index is 8.92. The van der Waals surface area contributed by atoms with Crippen LogP contribution in [0.2, 0.25) is 0 Å². The molecule has 0 aromatic heterocycles. The first-order valence-corrected chi connectivity index (χ1v) is 8.74. The molecule has 1 rings (SSSR count). The van der Waals surface area contributed by atoms with Gasteiger partial charge in [-0.3, -0.25) is 9.80 Å². The molecule has 6 nitrogen and oxygen atoms in total. The molecule has 0 bridgehead atoms. The lowest BCUT2D eigenvalue weighted by Gasteiger charge is -2.44. The highest BCUT2D eigenvalue weighted by Gasteiger charge is 2.33. The normalized spacial score (nSPS) is 20.1. The Morgan fingerprint density at radius 2 is 0.875 bits per heavy atom. The van der Waals surface area contributed by atoms with Crippen LogP contribution in [0.25, 0.3) is 0 Å². The number of hydrogen-bond donors (Lipinski definition) is 0. The molecule has 1 aliphatic rings. The minimum atomic E-state index is 0.304. The predicted molar refractivity (Wildman–Crippen MR) is 90.1 cm³/mol. The quantitative estimate of drug-likeness (QED) is 0.611. The predicted octanol–water partition coefficient (Wildman–Crippen LogP) is 2.56. The molecule has 2 unspecified atom stereocenters. The van der Waals surface area contributed by atoms with Gasteiger partial charge < -0.3 is 0 Å². The van der Waals surface area contributed by atoms with E-state index >= 15 is 0 Å². The van der Waals surface area contributed by atoms with Crippen LogP contribution in [-0.4, -0.2) is 48.1 Å². The zero-order valence-corrected chi connectivity index (χ0v) is 14.3. The van der Waals surface area contributed by atoms with E-state index in [1.165, 1.54) is 0 Å². The van der Waals surface area contributed by atoms with Crippen molar-refractivity contribution in [1.82, 2.24) is 9.80 Å². The van der Waals surface area contributed by atoms with Crippen LogP contribution >= 0.6 is 0 Å². The third-order valence-corrected chi connectivity index (χ3v) is 4.68. The zero-order chi connectivity index (χ0) is 17.6. The third kappa shape index (κ3) is 6.55. The molecule has 0 saturated heterocycles. The van der Waals surface area contributed by atoms with Crippen LogP contribution in [0.5, 0.6) is 0 Å². The first-order valence-electron chi connectivity index (χ1n) is 8.74. The van der Waals surface area contributed by atoms with Crippen molar-refractivity contribution in [3.05, 3.63) is 0 Å². The lowest BCUT2D eigenvalue weighted by Crippen LogP contribution is -2.54. The fourth-order valence-corrected chi connectivity index (χ4v) is 3.60. The molecule has 1 aliphatic carbocycles. The Bertz CT molecular complexity index is 434. The number of nitriles is 4. The summed E-state index contributed by atoms with van der Waals surface area (Å²) in [5.74, 6) is 0. The van der Waals surface area contributed by atoms with E-state index in [2.05, 4.69) is 34.1 Å². The highest BCUT2D eigenvalue weighted by atomic mass is 15.2. The molecule has 0 spiro atoms. The van der Waals surface area contributed by atoms with Gasteiger partial charge in [0.1, 0.15) is 0 Å². The summed E-state index contributed by atoms with van der Waals surface area (Å²) in [5, 5.41) is 35.7. The van der Waals surface area contributed by atoms with E-state index < -0.39 is 0 Å². The number of hydrogen-bond acceptors (Lipinski definition) is 6. The summed E-state index contributed by atoms with van der Waals surface area (Å²) in [6.45, 7) is 2.74. The molecule has 0 aliphatic heterocycles. The van der Waals surface area contributed by atoms with Crippen LogP contribution in [0.15, 0.2) is 0 Å². The van der Waals surface area contributed by atoms with E-state index in [-0.39, 0.29) is 0 Å². The van der Waals surface area contributed by atoms with Gasteiger partial charge in [0, 0.05) is 63.9 Å². The molecule has 24 heavy (non-hydrogen) atoms. The van der Waals surface area contributed by atoms with Crippen molar-refractivity contribution >= 4 is 0 Å². The fraction of sp³-hybridized carbons (Fsp3) is 0.778. The van der Waals surface area contributed by atoms with Crippen LogP contribution in [-0.2, 0) is 0 Å². The largest absolute Gasteiger partial charge is 0.297 e. The van der Waals surface area contributed by atoms with Gasteiger partial charge in [-0.15, -0.1) is 0 Å². The molecule has 0 N–H and O–H groups in total. The van der Waals surface area contributed by atoms with Crippen molar-refractivity contribution in [2.75, 3.05) is 26.2 Å². The summed E-state index contributed by atoms with van der Waals surface area (Å²) in [5.41, 5.74) is 0. The zero-order valence-electron chi connectivity index (χ0n) is 14.3. The SMILES string of the molecule is N#CCCN(CCC#N)C1CCCCC1N(CCC#N)CCC#N. The second kappa shape index (κ2) is 12.3. The summed E-state index contributed by atoms with van der Waals surface area (Å²) >= 11 is 0. The lowest BCUT2D eigenvalue weighted by atomic mass is 9.87. The van der Waals surface area contributed by atoms with Crippen molar-refractivity contribution in [2.24, 2.45) is 0 Å². The Kier molecular flexibility index (Phi) is 10.2. The van der Waals surface area contributed by atoms with Gasteiger partial charge in [-0.25, -0.2) is 0 Å². The van der Waals surface area contributed by atoms with Crippen molar-refractivity contribution in [3.63, 3.8) is 0 Å². The van der Waals surface area contributed by atoms with Crippen molar-refractivity contribution in [2.45, 2.75) is 63.5 Å². The third-order valence-electron chi connectivity index (χ3n) is 4.68. The minimum absolute atomic E-state index is 0.304. The maximum Gasteiger partial charge on any atom is 0.0635 e. The second-order valence-electron chi connectivity index (χ2n) is 6.12. The monoisotopic (exact) mass is 326 g/mol. The highest BCUT2D eigenvalue weighted by Crippen LogP contribution is 2.28. The number of nitrogens with zero attached hydrogens (tertiary/aromatic N) is 6. The van der Waals surface area contributed by atoms with E-state index in [1.54, 1.807) is 0 Å². The van der Waals surface area contributed by atoms with E-state index in [4.69, 9.17) is 21.0 Å². The van der Waals surface area contributed by atoms with Gasteiger partial charge in [-0.05, 0) is 12.8 Å². The summed E-state index contributed by atoms with van der Waals surface area (Å²) in [6.07, 6.45) is 6.27. The molecule has 0 heterocycles. The van der Waals surface area contributed by atoms with Gasteiger partial charge in [0.25, 0.3) is 0 Å². The van der Waals surface area contributed by atoms with Crippen LogP contribution in [0.3, 0.4) is 0 Å². The highest BCUT2D eigenvalue weighted by molar-refractivity contribution is 4.93. The molecule has 6 heteroatoms. The Balaban J connectivity index is 2.88. The Hall–Kier alpha value is -2.12. The molecule has 2 atom stereocenters. The van der Waals surface area contributed by atoms with E-state index in [1.807, 2.05) is 0 Å². The molecule has 128 valence electrons. The van der Waals surface area contributed by atoms with Crippen molar-refractivity contribution in [1.29, 1.82) is 21.0 Å². The van der Waals surface area contributed by atoms with Gasteiger partial charge >= 0.3 is 0 Å². The number of rotatable bonds is 10.